The molecule has 2 aliphatic heterocycles. The summed E-state index contributed by atoms with van der Waals surface area (Å²) in [5, 5.41) is 16.7. The molecule has 3 amide bonds. The summed E-state index contributed by atoms with van der Waals surface area (Å²) >= 11 is 0. The van der Waals surface area contributed by atoms with Crippen molar-refractivity contribution in [2.75, 3.05) is 46.9 Å². The molecule has 4 rings (SSSR count). The predicted octanol–water partition coefficient (Wildman–Crippen LogP) is 3.54. The fourth-order valence-corrected chi connectivity index (χ4v) is 6.79. The van der Waals surface area contributed by atoms with Gasteiger partial charge < -0.3 is 35.0 Å². The fraction of sp³-hybridized carbons (Fsp3) is 0.719. The summed E-state index contributed by atoms with van der Waals surface area (Å²) in [4.78, 5) is 43.5. The van der Waals surface area contributed by atoms with Gasteiger partial charge in [0.1, 0.15) is 11.6 Å². The summed E-state index contributed by atoms with van der Waals surface area (Å²) in [5.41, 5.74) is -0.312. The summed E-state index contributed by atoms with van der Waals surface area (Å²) in [6.07, 6.45) is 9.10. The highest BCUT2D eigenvalue weighted by molar-refractivity contribution is 6.00. The fourth-order valence-electron chi connectivity index (χ4n) is 6.79. The number of unbranched alkanes of at least 4 members (excludes halogenated alkanes) is 2. The first-order valence-electron chi connectivity index (χ1n) is 15.9. The van der Waals surface area contributed by atoms with E-state index in [2.05, 4.69) is 22.5 Å². The number of carbonyl (C=O) groups is 3. The molecule has 11 heteroatoms. The van der Waals surface area contributed by atoms with E-state index in [4.69, 9.17) is 9.47 Å². The normalized spacial score (nSPS) is 21.6. The van der Waals surface area contributed by atoms with E-state index in [1.807, 2.05) is 4.90 Å². The Bertz CT molecular complexity index is 1070. The molecule has 10 nitrogen and oxygen atoms in total. The number of methoxy groups -OCH3 is 1. The first-order chi connectivity index (χ1) is 20.3. The van der Waals surface area contributed by atoms with Gasteiger partial charge in [-0.05, 0) is 75.6 Å². The molecule has 242 valence electrons. The summed E-state index contributed by atoms with van der Waals surface area (Å²) in [7, 11) is 3.15. The van der Waals surface area contributed by atoms with Gasteiger partial charge in [0.15, 0.2) is 11.5 Å². The Hall–Kier alpha value is -2.56. The molecule has 1 spiro atoms. The van der Waals surface area contributed by atoms with E-state index in [0.29, 0.717) is 43.1 Å². The number of halogens is 1. The number of nitrogens with zero attached hydrogens (tertiary/aromatic N) is 2. The molecule has 1 aromatic rings. The van der Waals surface area contributed by atoms with Crippen molar-refractivity contribution < 1.29 is 29.0 Å². The summed E-state index contributed by atoms with van der Waals surface area (Å²) < 4.78 is 11.3. The highest BCUT2D eigenvalue weighted by atomic mass is 35.5. The van der Waals surface area contributed by atoms with Crippen LogP contribution in [0.2, 0.25) is 0 Å². The number of rotatable bonds is 13. The summed E-state index contributed by atoms with van der Waals surface area (Å²) in [6, 6.07) is 4.31. The van der Waals surface area contributed by atoms with Gasteiger partial charge in [-0.2, -0.15) is 0 Å². The third-order valence-electron chi connectivity index (χ3n) is 9.43. The predicted molar refractivity (Wildman–Crippen MR) is 168 cm³/mol. The molecule has 2 saturated heterocycles. The lowest BCUT2D eigenvalue weighted by Gasteiger charge is -2.52. The Morgan fingerprint density at radius 2 is 1.81 bits per heavy atom. The molecule has 0 bridgehead atoms. The van der Waals surface area contributed by atoms with Gasteiger partial charge in [-0.1, -0.05) is 32.6 Å². The summed E-state index contributed by atoms with van der Waals surface area (Å²) in [5.74, 6) is 0.830. The zero-order valence-corrected chi connectivity index (χ0v) is 26.9. The van der Waals surface area contributed by atoms with Crippen LogP contribution in [0.1, 0.15) is 87.9 Å². The summed E-state index contributed by atoms with van der Waals surface area (Å²) in [6.45, 7) is 5.56. The van der Waals surface area contributed by atoms with Gasteiger partial charge >= 0.3 is 0 Å². The van der Waals surface area contributed by atoms with Crippen molar-refractivity contribution in [2.45, 2.75) is 95.2 Å². The second kappa shape index (κ2) is 16.5. The maximum Gasteiger partial charge on any atom is 0.251 e. The van der Waals surface area contributed by atoms with Crippen LogP contribution in [-0.4, -0.2) is 97.3 Å². The van der Waals surface area contributed by atoms with Gasteiger partial charge in [-0.25, -0.2) is 0 Å². The molecule has 3 N–H and O–H groups in total. The zero-order chi connectivity index (χ0) is 30.1. The van der Waals surface area contributed by atoms with Crippen LogP contribution < -0.4 is 20.1 Å². The topological polar surface area (TPSA) is 120 Å². The molecule has 0 unspecified atom stereocenters. The molecule has 1 saturated carbocycles. The number of amides is 3. The largest absolute Gasteiger partial charge is 0.493 e. The number of aliphatic hydroxyl groups excluding tert-OH is 1. The van der Waals surface area contributed by atoms with Crippen molar-refractivity contribution in [3.05, 3.63) is 23.8 Å². The van der Waals surface area contributed by atoms with Crippen molar-refractivity contribution in [3.8, 4) is 11.5 Å². The van der Waals surface area contributed by atoms with E-state index in [-0.39, 0.29) is 36.0 Å². The number of ether oxygens (including phenoxy) is 2. The van der Waals surface area contributed by atoms with Crippen LogP contribution in [0.3, 0.4) is 0 Å². The minimum absolute atomic E-state index is 0. The molecule has 3 aliphatic rings. The van der Waals surface area contributed by atoms with Crippen molar-refractivity contribution in [3.63, 3.8) is 0 Å². The van der Waals surface area contributed by atoms with Gasteiger partial charge in [0.05, 0.1) is 19.8 Å². The maximum absolute atomic E-state index is 13.8. The van der Waals surface area contributed by atoms with Crippen LogP contribution in [0, 0.1) is 5.92 Å². The number of benzene rings is 1. The molecule has 1 aliphatic carbocycles. The Morgan fingerprint density at radius 3 is 2.47 bits per heavy atom. The molecule has 43 heavy (non-hydrogen) atoms. The van der Waals surface area contributed by atoms with Crippen LogP contribution in [-0.2, 0) is 9.59 Å². The quantitative estimate of drug-likeness (QED) is 0.288. The second-order valence-corrected chi connectivity index (χ2v) is 12.1. The zero-order valence-electron chi connectivity index (χ0n) is 26.1. The Morgan fingerprint density at radius 1 is 1.09 bits per heavy atom. The van der Waals surface area contributed by atoms with Gasteiger partial charge in [0.2, 0.25) is 11.8 Å². The minimum atomic E-state index is -0.834. The van der Waals surface area contributed by atoms with E-state index in [0.717, 1.165) is 71.0 Å². The Kier molecular flexibility index (Phi) is 13.4. The lowest BCUT2D eigenvalue weighted by atomic mass is 9.78. The van der Waals surface area contributed by atoms with Gasteiger partial charge in [-0.3, -0.25) is 14.4 Å². The molecular weight excluding hydrogens is 572 g/mol. The van der Waals surface area contributed by atoms with Gasteiger partial charge in [0.25, 0.3) is 5.91 Å². The lowest BCUT2D eigenvalue weighted by Crippen LogP contribution is -2.75. The monoisotopic (exact) mass is 622 g/mol. The maximum atomic E-state index is 13.8. The first kappa shape index (κ1) is 34.9. The number of piperazine rings is 1. The van der Waals surface area contributed by atoms with Gasteiger partial charge in [-0.15, -0.1) is 12.4 Å². The first-order valence-corrected chi connectivity index (χ1v) is 15.9. The second-order valence-electron chi connectivity index (χ2n) is 12.1. The van der Waals surface area contributed by atoms with E-state index < -0.39 is 17.7 Å². The number of carbonyl (C=O) groups excluding carboxylic acids is 3. The number of aliphatic hydroxyl groups is 1. The van der Waals surface area contributed by atoms with Crippen LogP contribution >= 0.6 is 12.4 Å². The lowest BCUT2D eigenvalue weighted by molar-refractivity contribution is -0.165. The van der Waals surface area contributed by atoms with E-state index in [1.165, 1.54) is 6.42 Å². The number of hydrogen-bond donors (Lipinski definition) is 3. The minimum Gasteiger partial charge on any atom is -0.493 e. The molecule has 2 atom stereocenters. The molecule has 0 aromatic heterocycles. The van der Waals surface area contributed by atoms with Crippen LogP contribution in [0.5, 0.6) is 11.5 Å². The SMILES string of the molecule is CCCCN1C(=O)[C@@H]([C@H](O)C2CCCCC2)NC(=O)C12CCN(CCCCOc1ccc(C(=O)NC)cc1OC)CC2.Cl. The molecule has 2 heterocycles. The van der Waals surface area contributed by atoms with Crippen LogP contribution in [0.25, 0.3) is 0 Å². The standard InChI is InChI=1S/C32H50N4O6.ClH/c1-4-5-18-36-30(39)27(28(37)23-11-7-6-8-12-23)34-31(40)32(36)15-19-35(20-16-32)17-9-10-21-42-25-14-13-24(29(38)33-2)22-26(25)41-3;/h13-14,22-23,27-28,37H,4-12,15-21H2,1-3H3,(H,33,38)(H,34,40);1H/t27-,28-;/m1./s1. The molecule has 0 radical (unpaired) electrons. The average Bonchev–Trinajstić information content (AvgIpc) is 3.03. The number of hydrogen-bond acceptors (Lipinski definition) is 7. The highest BCUT2D eigenvalue weighted by Crippen LogP contribution is 2.36. The Balaban J connectivity index is 0.00000506. The van der Waals surface area contributed by atoms with Crippen molar-refractivity contribution >= 4 is 30.1 Å². The molecular formula is C32H51ClN4O6. The third-order valence-corrected chi connectivity index (χ3v) is 9.43. The average molecular weight is 623 g/mol. The number of piperidine rings is 1. The van der Waals surface area contributed by atoms with Gasteiger partial charge in [0, 0.05) is 32.2 Å². The van der Waals surface area contributed by atoms with Crippen LogP contribution in [0.4, 0.5) is 0 Å². The van der Waals surface area contributed by atoms with E-state index >= 15 is 0 Å². The van der Waals surface area contributed by atoms with Crippen molar-refractivity contribution in [1.29, 1.82) is 0 Å². The number of nitrogens with one attached hydrogen (secondary N) is 2. The number of likely N-dealkylation sites (tertiary alicyclic amines) is 1. The van der Waals surface area contributed by atoms with Crippen LogP contribution in [0.15, 0.2) is 18.2 Å². The highest BCUT2D eigenvalue weighted by Gasteiger charge is 2.55. The Labute approximate surface area is 262 Å². The molecule has 3 fully saturated rings. The third kappa shape index (κ3) is 8.13. The smallest absolute Gasteiger partial charge is 0.251 e. The van der Waals surface area contributed by atoms with E-state index in [1.54, 1.807) is 32.4 Å². The molecule has 1 aromatic carbocycles. The van der Waals surface area contributed by atoms with Crippen molar-refractivity contribution in [2.24, 2.45) is 5.92 Å². The van der Waals surface area contributed by atoms with E-state index in [9.17, 15) is 19.5 Å². The van der Waals surface area contributed by atoms with Crippen molar-refractivity contribution in [1.82, 2.24) is 20.4 Å².